The minimum atomic E-state index is -2.31. The van der Waals surface area contributed by atoms with Crippen molar-refractivity contribution < 1.29 is 9.22 Å². The van der Waals surface area contributed by atoms with Gasteiger partial charge >= 0.3 is 0 Å². The fourth-order valence-electron chi connectivity index (χ4n) is 0. The standard InChI is InChI=1S/C7H16O/c1-6(2,3)7(4,5)8/h8H,1-5H3/i4D3. The molecule has 0 aromatic carbocycles. The summed E-state index contributed by atoms with van der Waals surface area (Å²) in [5.41, 5.74) is -2.25. The van der Waals surface area contributed by atoms with E-state index in [9.17, 15) is 5.11 Å². The lowest BCUT2D eigenvalue weighted by Gasteiger charge is -2.33. The Kier molecular flexibility index (Phi) is 0.840. The summed E-state index contributed by atoms with van der Waals surface area (Å²) in [6.45, 7) is 4.16. The van der Waals surface area contributed by atoms with E-state index in [1.165, 1.54) is 6.92 Å². The lowest BCUT2D eigenvalue weighted by atomic mass is 9.79. The van der Waals surface area contributed by atoms with E-state index in [-0.39, 0.29) is 0 Å². The first-order valence-corrected chi connectivity index (χ1v) is 2.72. The lowest BCUT2D eigenvalue weighted by molar-refractivity contribution is -0.0238. The Hall–Kier alpha value is -0.0400. The largest absolute Gasteiger partial charge is 0.390 e. The first kappa shape index (κ1) is 3.89. The van der Waals surface area contributed by atoms with Crippen LogP contribution in [0.5, 0.6) is 0 Å². The maximum atomic E-state index is 9.62. The normalized spacial score (nSPS) is 27.4. The molecule has 1 heteroatoms. The van der Waals surface area contributed by atoms with Crippen molar-refractivity contribution >= 4 is 0 Å². The Morgan fingerprint density at radius 3 is 1.62 bits per heavy atom. The summed E-state index contributed by atoms with van der Waals surface area (Å²) in [6.07, 6.45) is 0. The van der Waals surface area contributed by atoms with Gasteiger partial charge in [-0.15, -0.1) is 0 Å². The molecule has 0 heterocycles. The highest BCUT2D eigenvalue weighted by Gasteiger charge is 2.29. The summed E-state index contributed by atoms with van der Waals surface area (Å²) in [7, 11) is 0. The summed E-state index contributed by atoms with van der Waals surface area (Å²) in [6, 6.07) is 0. The molecule has 0 radical (unpaired) electrons. The minimum Gasteiger partial charge on any atom is -0.390 e. The van der Waals surface area contributed by atoms with Crippen LogP contribution in [0, 0.1) is 5.41 Å². The zero-order chi connectivity index (χ0) is 9.50. The molecule has 0 aliphatic carbocycles. The molecule has 0 saturated carbocycles. The Balaban J connectivity index is 4.75. The molecule has 0 spiro atoms. The third-order valence-electron chi connectivity index (χ3n) is 1.46. The average Bonchev–Trinajstić information content (AvgIpc) is 1.58. The molecule has 1 N–H and O–H groups in total. The van der Waals surface area contributed by atoms with Crippen molar-refractivity contribution in [1.82, 2.24) is 0 Å². The summed E-state index contributed by atoms with van der Waals surface area (Å²) in [5, 5.41) is 9.62. The van der Waals surface area contributed by atoms with Gasteiger partial charge in [-0.05, 0) is 19.2 Å². The minimum absolute atomic E-state index is 0.627. The van der Waals surface area contributed by atoms with E-state index in [2.05, 4.69) is 0 Å². The van der Waals surface area contributed by atoms with E-state index in [0.717, 1.165) is 0 Å². The smallest absolute Gasteiger partial charge is 0.0639 e. The van der Waals surface area contributed by atoms with Crippen LogP contribution in [-0.2, 0) is 0 Å². The molecule has 1 nitrogen and oxygen atoms in total. The molecule has 1 unspecified atom stereocenters. The maximum Gasteiger partial charge on any atom is 0.0639 e. The first-order valence-electron chi connectivity index (χ1n) is 4.22. The molecule has 0 fully saturated rings. The second-order valence-corrected chi connectivity index (χ2v) is 3.32. The first-order chi connectivity index (χ1) is 4.50. The molecule has 1 atom stereocenters. The van der Waals surface area contributed by atoms with Crippen LogP contribution in [0.15, 0.2) is 0 Å². The zero-order valence-electron chi connectivity index (χ0n) is 8.95. The molecule has 0 aromatic rings. The van der Waals surface area contributed by atoms with E-state index < -0.39 is 17.9 Å². The quantitative estimate of drug-likeness (QED) is 0.515. The van der Waals surface area contributed by atoms with Crippen molar-refractivity contribution in [1.29, 1.82) is 0 Å². The Morgan fingerprint density at radius 1 is 1.25 bits per heavy atom. The molecule has 0 amide bonds. The van der Waals surface area contributed by atoms with Crippen molar-refractivity contribution in [3.05, 3.63) is 0 Å². The highest BCUT2D eigenvalue weighted by molar-refractivity contribution is 4.80. The van der Waals surface area contributed by atoms with Crippen LogP contribution in [0.1, 0.15) is 38.7 Å². The highest BCUT2D eigenvalue weighted by atomic mass is 16.3. The molecule has 50 valence electrons. The van der Waals surface area contributed by atoms with Crippen LogP contribution in [0.3, 0.4) is 0 Å². The molecule has 0 saturated heterocycles. The van der Waals surface area contributed by atoms with E-state index in [4.69, 9.17) is 4.11 Å². The number of rotatable bonds is 0. The van der Waals surface area contributed by atoms with E-state index in [0.29, 0.717) is 0 Å². The van der Waals surface area contributed by atoms with Crippen molar-refractivity contribution in [2.45, 2.75) is 40.1 Å². The number of hydrogen-bond acceptors (Lipinski definition) is 1. The van der Waals surface area contributed by atoms with Gasteiger partial charge in [0.1, 0.15) is 0 Å². The van der Waals surface area contributed by atoms with E-state index in [1.807, 2.05) is 0 Å². The van der Waals surface area contributed by atoms with Crippen molar-refractivity contribution in [2.24, 2.45) is 5.41 Å². The maximum absolute atomic E-state index is 9.62. The topological polar surface area (TPSA) is 20.2 Å². The van der Waals surface area contributed by atoms with Crippen molar-refractivity contribution in [2.75, 3.05) is 0 Å². The Morgan fingerprint density at radius 2 is 1.62 bits per heavy atom. The van der Waals surface area contributed by atoms with E-state index in [1.54, 1.807) is 20.8 Å². The molecule has 0 aromatic heterocycles. The van der Waals surface area contributed by atoms with Gasteiger partial charge in [-0.1, -0.05) is 20.8 Å². The van der Waals surface area contributed by atoms with Gasteiger partial charge in [0, 0.05) is 4.11 Å². The molecular formula is C7H16O. The van der Waals surface area contributed by atoms with Crippen LogP contribution >= 0.6 is 0 Å². The zero-order valence-corrected chi connectivity index (χ0v) is 5.95. The van der Waals surface area contributed by atoms with E-state index >= 15 is 0 Å². The highest BCUT2D eigenvalue weighted by Crippen LogP contribution is 2.28. The van der Waals surface area contributed by atoms with Gasteiger partial charge in [0.05, 0.1) is 5.60 Å². The third-order valence-corrected chi connectivity index (χ3v) is 1.46. The van der Waals surface area contributed by atoms with Gasteiger partial charge in [-0.25, -0.2) is 0 Å². The molecule has 0 bridgehead atoms. The van der Waals surface area contributed by atoms with Crippen LogP contribution < -0.4 is 0 Å². The molecular weight excluding hydrogens is 100 g/mol. The van der Waals surface area contributed by atoms with Crippen LogP contribution in [0.25, 0.3) is 0 Å². The predicted octanol–water partition coefficient (Wildman–Crippen LogP) is 1.80. The van der Waals surface area contributed by atoms with Gasteiger partial charge in [-0.2, -0.15) is 0 Å². The summed E-state index contributed by atoms with van der Waals surface area (Å²) >= 11 is 0. The van der Waals surface area contributed by atoms with Crippen LogP contribution in [0.4, 0.5) is 0 Å². The molecule has 0 aliphatic rings. The van der Waals surface area contributed by atoms with Crippen molar-refractivity contribution in [3.8, 4) is 0 Å². The van der Waals surface area contributed by atoms with Crippen LogP contribution in [-0.4, -0.2) is 10.7 Å². The second kappa shape index (κ2) is 1.73. The van der Waals surface area contributed by atoms with Crippen LogP contribution in [0.2, 0.25) is 0 Å². The van der Waals surface area contributed by atoms with Gasteiger partial charge in [0.2, 0.25) is 0 Å². The molecule has 8 heavy (non-hydrogen) atoms. The second-order valence-electron chi connectivity index (χ2n) is 3.32. The fraction of sp³-hybridized carbons (Fsp3) is 1.00. The van der Waals surface area contributed by atoms with Crippen molar-refractivity contribution in [3.63, 3.8) is 0 Å². The average molecular weight is 119 g/mol. The fourth-order valence-corrected chi connectivity index (χ4v) is 0. The third kappa shape index (κ3) is 1.83. The Labute approximate surface area is 55.9 Å². The summed E-state index contributed by atoms with van der Waals surface area (Å²) in [5.74, 6) is 0. The lowest BCUT2D eigenvalue weighted by Crippen LogP contribution is -2.35. The van der Waals surface area contributed by atoms with Gasteiger partial charge < -0.3 is 5.11 Å². The predicted molar refractivity (Wildman–Crippen MR) is 35.8 cm³/mol. The number of aliphatic hydroxyl groups is 1. The summed E-state index contributed by atoms with van der Waals surface area (Å²) in [4.78, 5) is 0. The Bertz CT molecular complexity index is 125. The van der Waals surface area contributed by atoms with Gasteiger partial charge in [-0.3, -0.25) is 0 Å². The molecule has 0 aliphatic heterocycles. The van der Waals surface area contributed by atoms with Gasteiger partial charge in [0.15, 0.2) is 0 Å². The monoisotopic (exact) mass is 119 g/mol. The summed E-state index contributed by atoms with van der Waals surface area (Å²) < 4.78 is 21.2. The van der Waals surface area contributed by atoms with Gasteiger partial charge in [0.25, 0.3) is 0 Å². The molecule has 0 rings (SSSR count). The number of hydrogen-bond donors (Lipinski definition) is 1. The SMILES string of the molecule is [2H]C([2H])([2H])C(C)(O)C(C)(C)C.